The molecule has 23 heavy (non-hydrogen) atoms. The number of anilines is 2. The van der Waals surface area contributed by atoms with Crippen LogP contribution >= 0.6 is 15.9 Å². The highest BCUT2D eigenvalue weighted by Crippen LogP contribution is 2.18. The van der Waals surface area contributed by atoms with Crippen molar-refractivity contribution in [1.29, 1.82) is 0 Å². The molecule has 0 fully saturated rings. The summed E-state index contributed by atoms with van der Waals surface area (Å²) in [5.74, 6) is 0.349. The van der Waals surface area contributed by atoms with E-state index in [4.69, 9.17) is 0 Å². The van der Waals surface area contributed by atoms with Crippen LogP contribution in [0.25, 0.3) is 0 Å². The molecule has 0 bridgehead atoms. The van der Waals surface area contributed by atoms with E-state index in [0.717, 1.165) is 35.2 Å². The van der Waals surface area contributed by atoms with Gasteiger partial charge in [-0.1, -0.05) is 29.3 Å². The Morgan fingerprint density at radius 1 is 1.26 bits per heavy atom. The van der Waals surface area contributed by atoms with Gasteiger partial charge in [0.05, 0.1) is 0 Å². The molecule has 0 aliphatic heterocycles. The number of hydrogen-bond donors (Lipinski definition) is 1. The average Bonchev–Trinajstić information content (AvgIpc) is 2.53. The molecule has 1 heterocycles. The molecule has 0 saturated heterocycles. The molecular weight excluding hydrogens is 356 g/mol. The zero-order valence-electron chi connectivity index (χ0n) is 13.6. The summed E-state index contributed by atoms with van der Waals surface area (Å²) >= 11 is 3.40. The zero-order chi connectivity index (χ0) is 16.8. The second kappa shape index (κ2) is 8.06. The molecule has 0 spiro atoms. The van der Waals surface area contributed by atoms with E-state index < -0.39 is 0 Å². The number of aryl methyl sites for hydroxylation is 1. The van der Waals surface area contributed by atoms with Gasteiger partial charge in [-0.2, -0.15) is 0 Å². The van der Waals surface area contributed by atoms with Crippen molar-refractivity contribution in [2.24, 2.45) is 0 Å². The quantitative estimate of drug-likeness (QED) is 0.821. The van der Waals surface area contributed by atoms with Crippen LogP contribution in [-0.4, -0.2) is 34.4 Å². The minimum atomic E-state index is -0.0807. The van der Waals surface area contributed by atoms with Crippen molar-refractivity contribution < 1.29 is 4.79 Å². The Kier molecular flexibility index (Phi) is 6.10. The van der Waals surface area contributed by atoms with Crippen molar-refractivity contribution in [1.82, 2.24) is 14.9 Å². The Morgan fingerprint density at radius 3 is 2.61 bits per heavy atom. The monoisotopic (exact) mass is 376 g/mol. The van der Waals surface area contributed by atoms with E-state index in [1.165, 1.54) is 0 Å². The van der Waals surface area contributed by atoms with Gasteiger partial charge in [-0.3, -0.25) is 4.79 Å². The Bertz CT molecular complexity index is 673. The van der Waals surface area contributed by atoms with Crippen LogP contribution in [0.1, 0.15) is 35.9 Å². The lowest BCUT2D eigenvalue weighted by Crippen LogP contribution is -2.28. The zero-order valence-corrected chi connectivity index (χ0v) is 15.2. The summed E-state index contributed by atoms with van der Waals surface area (Å²) in [4.78, 5) is 22.9. The molecule has 0 aliphatic carbocycles. The molecule has 0 aliphatic rings. The highest BCUT2D eigenvalue weighted by atomic mass is 79.9. The maximum Gasteiger partial charge on any atom is 0.272 e. The van der Waals surface area contributed by atoms with E-state index in [1.807, 2.05) is 31.2 Å². The van der Waals surface area contributed by atoms with Crippen molar-refractivity contribution in [3.8, 4) is 0 Å². The highest BCUT2D eigenvalue weighted by molar-refractivity contribution is 9.10. The minimum absolute atomic E-state index is 0.0807. The molecule has 1 N–H and O–H groups in total. The van der Waals surface area contributed by atoms with E-state index in [0.29, 0.717) is 11.6 Å². The summed E-state index contributed by atoms with van der Waals surface area (Å²) in [7, 11) is 1.80. The number of hydrogen-bond acceptors (Lipinski definition) is 4. The van der Waals surface area contributed by atoms with E-state index in [2.05, 4.69) is 38.1 Å². The van der Waals surface area contributed by atoms with E-state index >= 15 is 0 Å². The van der Waals surface area contributed by atoms with Gasteiger partial charge in [0.15, 0.2) is 0 Å². The molecule has 0 unspecified atom stereocenters. The number of carbonyl (C=O) groups is 1. The van der Waals surface area contributed by atoms with Gasteiger partial charge >= 0.3 is 0 Å². The minimum Gasteiger partial charge on any atom is -0.340 e. The Labute approximate surface area is 145 Å². The predicted octanol–water partition coefficient (Wildman–Crippen LogP) is 4.16. The van der Waals surface area contributed by atoms with E-state index in [-0.39, 0.29) is 5.91 Å². The lowest BCUT2D eigenvalue weighted by atomic mass is 10.2. The van der Waals surface area contributed by atoms with Gasteiger partial charge in [-0.25, -0.2) is 9.97 Å². The van der Waals surface area contributed by atoms with Crippen LogP contribution in [0, 0.1) is 6.92 Å². The molecule has 1 aromatic heterocycles. The molecule has 2 rings (SSSR count). The number of carbonyl (C=O) groups excluding carboxylic acids is 1. The number of rotatable bonds is 6. The van der Waals surface area contributed by atoms with Crippen molar-refractivity contribution in [3.05, 3.63) is 46.2 Å². The average molecular weight is 377 g/mol. The van der Waals surface area contributed by atoms with Crippen LogP contribution in [0.4, 0.5) is 11.6 Å². The predicted molar refractivity (Wildman–Crippen MR) is 96.1 cm³/mol. The number of nitrogens with one attached hydrogen (secondary N) is 1. The summed E-state index contributed by atoms with van der Waals surface area (Å²) in [5.41, 5.74) is 2.04. The number of benzene rings is 1. The first-order valence-corrected chi connectivity index (χ1v) is 8.42. The molecule has 0 atom stereocenters. The fraction of sp³-hybridized carbons (Fsp3) is 0.353. The maximum atomic E-state index is 12.5. The van der Waals surface area contributed by atoms with Crippen LogP contribution in [0.15, 0.2) is 34.8 Å². The van der Waals surface area contributed by atoms with Crippen molar-refractivity contribution in [3.63, 3.8) is 0 Å². The molecule has 1 amide bonds. The number of aromatic nitrogens is 2. The first-order valence-electron chi connectivity index (χ1n) is 7.63. The molecule has 0 saturated carbocycles. The van der Waals surface area contributed by atoms with Gasteiger partial charge in [0, 0.05) is 29.4 Å². The SMILES string of the molecule is CCCCN(C)C(=O)c1cc(C)nc(Nc2ccc(Br)cc2)n1. The lowest BCUT2D eigenvalue weighted by molar-refractivity contribution is 0.0787. The molecule has 1 aromatic carbocycles. The normalized spacial score (nSPS) is 10.4. The standard InChI is InChI=1S/C17H21BrN4O/c1-4-5-10-22(3)16(23)15-11-12(2)19-17(21-15)20-14-8-6-13(18)7-9-14/h6-9,11H,4-5,10H2,1-3H3,(H,19,20,21). The summed E-state index contributed by atoms with van der Waals surface area (Å²) in [6.07, 6.45) is 2.03. The Hall–Kier alpha value is -1.95. The first kappa shape index (κ1) is 17.4. The van der Waals surface area contributed by atoms with Crippen molar-refractivity contribution in [2.45, 2.75) is 26.7 Å². The number of amides is 1. The molecule has 122 valence electrons. The third-order valence-electron chi connectivity index (χ3n) is 3.37. The van der Waals surface area contributed by atoms with Crippen LogP contribution < -0.4 is 5.32 Å². The second-order valence-electron chi connectivity index (χ2n) is 5.43. The molecule has 6 heteroatoms. The van der Waals surface area contributed by atoms with Crippen molar-refractivity contribution in [2.75, 3.05) is 18.9 Å². The Morgan fingerprint density at radius 2 is 1.96 bits per heavy atom. The molecule has 2 aromatic rings. The third-order valence-corrected chi connectivity index (χ3v) is 3.90. The van der Waals surface area contributed by atoms with Gasteiger partial charge in [0.1, 0.15) is 5.69 Å². The van der Waals surface area contributed by atoms with Gasteiger partial charge in [-0.15, -0.1) is 0 Å². The number of nitrogens with zero attached hydrogens (tertiary/aromatic N) is 3. The van der Waals surface area contributed by atoms with Crippen LogP contribution in [-0.2, 0) is 0 Å². The Balaban J connectivity index is 2.18. The van der Waals surface area contributed by atoms with Crippen molar-refractivity contribution >= 4 is 33.5 Å². The molecule has 5 nitrogen and oxygen atoms in total. The van der Waals surface area contributed by atoms with Gasteiger partial charge < -0.3 is 10.2 Å². The fourth-order valence-corrected chi connectivity index (χ4v) is 2.35. The number of unbranched alkanes of at least 4 members (excludes halogenated alkanes) is 1. The molecule has 0 radical (unpaired) electrons. The third kappa shape index (κ3) is 5.03. The smallest absolute Gasteiger partial charge is 0.272 e. The number of halogens is 1. The summed E-state index contributed by atoms with van der Waals surface area (Å²) in [6, 6.07) is 9.43. The summed E-state index contributed by atoms with van der Waals surface area (Å²) in [5, 5.41) is 3.14. The topological polar surface area (TPSA) is 58.1 Å². The second-order valence-corrected chi connectivity index (χ2v) is 6.35. The largest absolute Gasteiger partial charge is 0.340 e. The van der Waals surface area contributed by atoms with Gasteiger partial charge in [-0.05, 0) is 43.7 Å². The van der Waals surface area contributed by atoms with Gasteiger partial charge in [0.25, 0.3) is 5.91 Å². The van der Waals surface area contributed by atoms with Crippen LogP contribution in [0.5, 0.6) is 0 Å². The van der Waals surface area contributed by atoms with E-state index in [9.17, 15) is 4.79 Å². The lowest BCUT2D eigenvalue weighted by Gasteiger charge is -2.17. The van der Waals surface area contributed by atoms with Crippen LogP contribution in [0.2, 0.25) is 0 Å². The molecular formula is C17H21BrN4O. The first-order chi connectivity index (χ1) is 11.0. The summed E-state index contributed by atoms with van der Waals surface area (Å²) in [6.45, 7) is 4.69. The summed E-state index contributed by atoms with van der Waals surface area (Å²) < 4.78 is 1.00. The fourth-order valence-electron chi connectivity index (χ4n) is 2.09. The van der Waals surface area contributed by atoms with Gasteiger partial charge in [0.2, 0.25) is 5.95 Å². The van der Waals surface area contributed by atoms with E-state index in [1.54, 1.807) is 18.0 Å². The maximum absolute atomic E-state index is 12.5. The van der Waals surface area contributed by atoms with Crippen LogP contribution in [0.3, 0.4) is 0 Å². The highest BCUT2D eigenvalue weighted by Gasteiger charge is 2.15.